The molecule has 21 heavy (non-hydrogen) atoms. The number of carboxylic acid groups (broad SMARTS) is 1. The normalized spacial score (nSPS) is 11.4. The largest absolute Gasteiger partial charge is 0.477 e. The van der Waals surface area contributed by atoms with Crippen molar-refractivity contribution in [2.75, 3.05) is 0 Å². The van der Waals surface area contributed by atoms with Crippen molar-refractivity contribution in [1.29, 1.82) is 0 Å². The summed E-state index contributed by atoms with van der Waals surface area (Å²) in [6.07, 6.45) is 0. The fourth-order valence-corrected chi connectivity index (χ4v) is 2.49. The van der Waals surface area contributed by atoms with Gasteiger partial charge in [-0.15, -0.1) is 0 Å². The van der Waals surface area contributed by atoms with Crippen molar-refractivity contribution in [2.45, 2.75) is 0 Å². The van der Waals surface area contributed by atoms with Crippen LogP contribution in [-0.4, -0.2) is 11.1 Å². The molecule has 5 nitrogen and oxygen atoms in total. The molecule has 0 radical (unpaired) electrons. The third kappa shape index (κ3) is 1.64. The van der Waals surface area contributed by atoms with Gasteiger partial charge in [0.05, 0.1) is 0 Å². The number of para-hydroxylation sites is 1. The van der Waals surface area contributed by atoms with Crippen LogP contribution in [0, 0.1) is 0 Å². The molecular weight excluding hydrogens is 272 g/mol. The molecule has 0 amide bonds. The Kier molecular flexibility index (Phi) is 2.21. The van der Waals surface area contributed by atoms with Crippen molar-refractivity contribution in [2.24, 2.45) is 0 Å². The predicted molar refractivity (Wildman–Crippen MR) is 76.7 cm³/mol. The fraction of sp³-hybridized carbons (Fsp3) is 0. The summed E-state index contributed by atoms with van der Waals surface area (Å²) in [6.45, 7) is 0. The molecule has 4 rings (SSSR count). The molecule has 2 heterocycles. The maximum absolute atomic E-state index is 11.6. The lowest BCUT2D eigenvalue weighted by molar-refractivity contribution is 0.0692. The number of fused-ring (bicyclic) bond motifs is 4. The first-order valence-corrected chi connectivity index (χ1v) is 6.26. The van der Waals surface area contributed by atoms with Gasteiger partial charge in [-0.2, -0.15) is 0 Å². The van der Waals surface area contributed by atoms with Crippen LogP contribution in [0.3, 0.4) is 0 Å². The van der Waals surface area contributed by atoms with E-state index < -0.39 is 17.2 Å². The van der Waals surface area contributed by atoms with Crippen LogP contribution in [0.2, 0.25) is 0 Å². The first kappa shape index (κ1) is 11.7. The number of benzene rings is 2. The Hall–Kier alpha value is -3.08. The zero-order chi connectivity index (χ0) is 14.6. The van der Waals surface area contributed by atoms with Gasteiger partial charge >= 0.3 is 11.6 Å². The highest BCUT2D eigenvalue weighted by Crippen LogP contribution is 2.31. The van der Waals surface area contributed by atoms with Crippen LogP contribution in [0.5, 0.6) is 0 Å². The number of hydrogen-bond acceptors (Lipinski definition) is 4. The van der Waals surface area contributed by atoms with Gasteiger partial charge in [0, 0.05) is 16.2 Å². The van der Waals surface area contributed by atoms with Gasteiger partial charge in [-0.3, -0.25) is 0 Å². The molecule has 2 aromatic heterocycles. The van der Waals surface area contributed by atoms with E-state index in [0.717, 1.165) is 16.4 Å². The first-order chi connectivity index (χ1) is 10.1. The van der Waals surface area contributed by atoms with Crippen LogP contribution in [0.1, 0.15) is 10.4 Å². The summed E-state index contributed by atoms with van der Waals surface area (Å²) in [6, 6.07) is 12.2. The second-order valence-electron chi connectivity index (χ2n) is 4.74. The van der Waals surface area contributed by atoms with Gasteiger partial charge in [-0.1, -0.05) is 18.2 Å². The van der Waals surface area contributed by atoms with Gasteiger partial charge in [0.25, 0.3) is 0 Å². The first-order valence-electron chi connectivity index (χ1n) is 6.26. The molecule has 5 heteroatoms. The molecular formula is C16H8O5. The number of aromatic carboxylic acids is 1. The van der Waals surface area contributed by atoms with E-state index in [0.29, 0.717) is 16.6 Å². The standard InChI is InChI=1S/C16H8O5/c17-15(18)11-5-8-6-14-10(7-13(8)21-16(11)19)9-3-1-2-4-12(9)20-14/h1-7H,(H,17,18). The maximum Gasteiger partial charge on any atom is 0.351 e. The van der Waals surface area contributed by atoms with Gasteiger partial charge in [0.2, 0.25) is 0 Å². The predicted octanol–water partition coefficient (Wildman–Crippen LogP) is 3.39. The Morgan fingerprint density at radius 1 is 0.905 bits per heavy atom. The molecule has 0 spiro atoms. The molecule has 0 unspecified atom stereocenters. The van der Waals surface area contributed by atoms with E-state index in [1.807, 2.05) is 24.3 Å². The SMILES string of the molecule is O=C(O)c1cc2cc3oc4ccccc4c3cc2oc1=O. The summed E-state index contributed by atoms with van der Waals surface area (Å²) in [5.41, 5.74) is 0.432. The Labute approximate surface area is 117 Å². The van der Waals surface area contributed by atoms with Crippen molar-refractivity contribution in [1.82, 2.24) is 0 Å². The second kappa shape index (κ2) is 3.96. The van der Waals surface area contributed by atoms with E-state index in [-0.39, 0.29) is 0 Å². The minimum Gasteiger partial charge on any atom is -0.477 e. The zero-order valence-corrected chi connectivity index (χ0v) is 10.6. The minimum absolute atomic E-state index is 0.337. The van der Waals surface area contributed by atoms with Crippen molar-refractivity contribution >= 4 is 38.9 Å². The third-order valence-corrected chi connectivity index (χ3v) is 3.46. The van der Waals surface area contributed by atoms with Gasteiger partial charge in [0.15, 0.2) is 0 Å². The zero-order valence-electron chi connectivity index (χ0n) is 10.6. The Morgan fingerprint density at radius 2 is 1.71 bits per heavy atom. The summed E-state index contributed by atoms with van der Waals surface area (Å²) in [5.74, 6) is -1.31. The summed E-state index contributed by atoms with van der Waals surface area (Å²) in [7, 11) is 0. The van der Waals surface area contributed by atoms with Crippen LogP contribution in [0.25, 0.3) is 32.9 Å². The van der Waals surface area contributed by atoms with Crippen molar-refractivity contribution < 1.29 is 18.7 Å². The number of rotatable bonds is 1. The van der Waals surface area contributed by atoms with Crippen molar-refractivity contribution in [3.8, 4) is 0 Å². The Morgan fingerprint density at radius 3 is 2.52 bits per heavy atom. The van der Waals surface area contributed by atoms with E-state index >= 15 is 0 Å². The van der Waals surface area contributed by atoms with Crippen LogP contribution in [0.15, 0.2) is 56.1 Å². The highest BCUT2D eigenvalue weighted by Gasteiger charge is 2.14. The number of furan rings is 1. The molecule has 2 aromatic carbocycles. The lowest BCUT2D eigenvalue weighted by Gasteiger charge is -1.98. The van der Waals surface area contributed by atoms with Crippen LogP contribution >= 0.6 is 0 Å². The molecule has 0 saturated heterocycles. The Bertz CT molecular complexity index is 1080. The van der Waals surface area contributed by atoms with Gasteiger partial charge < -0.3 is 13.9 Å². The van der Waals surface area contributed by atoms with Gasteiger partial charge in [0.1, 0.15) is 22.3 Å². The molecule has 0 saturated carbocycles. The molecule has 0 aliphatic rings. The molecule has 102 valence electrons. The van der Waals surface area contributed by atoms with E-state index in [1.165, 1.54) is 6.07 Å². The van der Waals surface area contributed by atoms with Gasteiger partial charge in [-0.25, -0.2) is 9.59 Å². The van der Waals surface area contributed by atoms with Crippen LogP contribution in [-0.2, 0) is 0 Å². The van der Waals surface area contributed by atoms with E-state index in [1.54, 1.807) is 12.1 Å². The number of carbonyl (C=O) groups is 1. The van der Waals surface area contributed by atoms with Crippen LogP contribution in [0.4, 0.5) is 0 Å². The topological polar surface area (TPSA) is 80.7 Å². The fourth-order valence-electron chi connectivity index (χ4n) is 2.49. The van der Waals surface area contributed by atoms with Crippen LogP contribution < -0.4 is 5.63 Å². The minimum atomic E-state index is -1.31. The van der Waals surface area contributed by atoms with Crippen molar-refractivity contribution in [3.05, 3.63) is 58.4 Å². The Balaban J connectivity index is 2.17. The number of hydrogen-bond donors (Lipinski definition) is 1. The molecule has 0 aliphatic carbocycles. The van der Waals surface area contributed by atoms with E-state index in [2.05, 4.69) is 0 Å². The van der Waals surface area contributed by atoms with E-state index in [4.69, 9.17) is 13.9 Å². The summed E-state index contributed by atoms with van der Waals surface area (Å²) >= 11 is 0. The summed E-state index contributed by atoms with van der Waals surface area (Å²) in [5, 5.41) is 11.2. The monoisotopic (exact) mass is 280 g/mol. The molecule has 0 aliphatic heterocycles. The lowest BCUT2D eigenvalue weighted by Crippen LogP contribution is -2.12. The highest BCUT2D eigenvalue weighted by atomic mass is 16.4. The highest BCUT2D eigenvalue weighted by molar-refractivity contribution is 6.09. The van der Waals surface area contributed by atoms with Gasteiger partial charge in [-0.05, 0) is 24.3 Å². The second-order valence-corrected chi connectivity index (χ2v) is 4.74. The smallest absolute Gasteiger partial charge is 0.351 e. The quantitative estimate of drug-likeness (QED) is 0.540. The number of carboxylic acids is 1. The van der Waals surface area contributed by atoms with Crippen molar-refractivity contribution in [3.63, 3.8) is 0 Å². The maximum atomic E-state index is 11.6. The molecule has 0 atom stereocenters. The average Bonchev–Trinajstić information content (AvgIpc) is 2.81. The molecule has 4 aromatic rings. The summed E-state index contributed by atoms with van der Waals surface area (Å²) in [4.78, 5) is 22.6. The third-order valence-electron chi connectivity index (χ3n) is 3.46. The van der Waals surface area contributed by atoms with E-state index in [9.17, 15) is 9.59 Å². The lowest BCUT2D eigenvalue weighted by atomic mass is 10.1. The molecule has 1 N–H and O–H groups in total. The summed E-state index contributed by atoms with van der Waals surface area (Å²) < 4.78 is 10.8. The molecule has 0 fully saturated rings. The molecule has 0 bridgehead atoms. The average molecular weight is 280 g/mol.